The van der Waals surface area contributed by atoms with Gasteiger partial charge in [0.25, 0.3) is 5.91 Å². The monoisotopic (exact) mass is 603 g/mol. The number of nitrogens with zero attached hydrogens (tertiary/aromatic N) is 4. The van der Waals surface area contributed by atoms with Gasteiger partial charge < -0.3 is 37.1 Å². The molecule has 2 amide bonds. The average molecular weight is 604 g/mol. The summed E-state index contributed by atoms with van der Waals surface area (Å²) in [6.07, 6.45) is 4.64. The molecule has 1 saturated carbocycles. The smallest absolute Gasteiger partial charge is 0.269 e. The lowest BCUT2D eigenvalue weighted by molar-refractivity contribution is -0.121. The van der Waals surface area contributed by atoms with Gasteiger partial charge in [-0.25, -0.2) is 4.79 Å². The number of aromatic nitrogens is 3. The van der Waals surface area contributed by atoms with Crippen LogP contribution in [0.1, 0.15) is 28.6 Å². The molecular formula is C29H33N9O4S. The summed E-state index contributed by atoms with van der Waals surface area (Å²) in [6, 6.07) is 8.90. The number of allylic oxidation sites excluding steroid dienone is 1. The Kier molecular flexibility index (Phi) is 9.76. The fourth-order valence-electron chi connectivity index (χ4n) is 4.15. The molecule has 0 saturated heterocycles. The number of likely N-dealkylation sites (N-methyl/N-ethyl adjacent to an activating group) is 1. The average Bonchev–Trinajstić information content (AvgIpc) is 3.78. The van der Waals surface area contributed by atoms with Crippen LogP contribution in [-0.4, -0.2) is 59.0 Å². The van der Waals surface area contributed by atoms with Crippen LogP contribution >= 0.6 is 11.3 Å². The molecule has 7 N–H and O–H groups in total. The number of carbonyl (C=O) groups is 2. The van der Waals surface area contributed by atoms with Crippen molar-refractivity contribution in [2.24, 2.45) is 17.4 Å². The SMILES string of the molecule is CNC(=O)/C(N)=C(/C=C(\N)NC(=O)C1CC1)Nc1cccc(-c2ccc(C(=C=O)N(C)Cc3nnc(C)s3)nc2)c1OC. The van der Waals surface area contributed by atoms with Crippen LogP contribution in [0.2, 0.25) is 0 Å². The van der Waals surface area contributed by atoms with Crippen molar-refractivity contribution in [1.29, 1.82) is 0 Å². The van der Waals surface area contributed by atoms with Gasteiger partial charge in [-0.05, 0) is 31.9 Å². The molecule has 0 atom stereocenters. The highest BCUT2D eigenvalue weighted by Gasteiger charge is 2.29. The van der Waals surface area contributed by atoms with Gasteiger partial charge in [-0.1, -0.05) is 29.5 Å². The minimum absolute atomic E-state index is 0.0337. The number of anilines is 1. The molecule has 0 aliphatic heterocycles. The van der Waals surface area contributed by atoms with Gasteiger partial charge in [0.15, 0.2) is 5.94 Å². The Balaban J connectivity index is 1.61. The number of methoxy groups -OCH3 is 1. The zero-order chi connectivity index (χ0) is 31.1. The van der Waals surface area contributed by atoms with E-state index in [1.54, 1.807) is 36.3 Å². The second kappa shape index (κ2) is 13.6. The summed E-state index contributed by atoms with van der Waals surface area (Å²) < 4.78 is 5.75. The van der Waals surface area contributed by atoms with Gasteiger partial charge >= 0.3 is 0 Å². The van der Waals surface area contributed by atoms with Crippen molar-refractivity contribution < 1.29 is 19.1 Å². The van der Waals surface area contributed by atoms with Gasteiger partial charge in [0.2, 0.25) is 5.91 Å². The first kappa shape index (κ1) is 30.8. The molecule has 3 aromatic rings. The first-order valence-electron chi connectivity index (χ1n) is 13.3. The van der Waals surface area contributed by atoms with E-state index in [-0.39, 0.29) is 34.7 Å². The molecule has 13 nitrogen and oxygen atoms in total. The number of para-hydroxylation sites is 1. The highest BCUT2D eigenvalue weighted by molar-refractivity contribution is 7.11. The van der Waals surface area contributed by atoms with Crippen LogP contribution in [0.4, 0.5) is 5.69 Å². The van der Waals surface area contributed by atoms with Crippen molar-refractivity contribution in [2.75, 3.05) is 26.5 Å². The zero-order valence-electron chi connectivity index (χ0n) is 24.2. The van der Waals surface area contributed by atoms with Gasteiger partial charge in [0.1, 0.15) is 33.0 Å². The summed E-state index contributed by atoms with van der Waals surface area (Å²) in [5.74, 6) is 1.66. The van der Waals surface area contributed by atoms with Crippen LogP contribution in [0.3, 0.4) is 0 Å². The summed E-state index contributed by atoms with van der Waals surface area (Å²) in [5.41, 5.74) is 14.8. The van der Waals surface area contributed by atoms with E-state index in [2.05, 4.69) is 31.1 Å². The van der Waals surface area contributed by atoms with Crippen LogP contribution in [0.25, 0.3) is 16.8 Å². The predicted octanol–water partition coefficient (Wildman–Crippen LogP) is 1.88. The second-order valence-electron chi connectivity index (χ2n) is 9.73. The Morgan fingerprint density at radius 1 is 1.21 bits per heavy atom. The largest absolute Gasteiger partial charge is 0.494 e. The maximum Gasteiger partial charge on any atom is 0.269 e. The number of ether oxygens (including phenoxy) is 1. The van der Waals surface area contributed by atoms with E-state index >= 15 is 0 Å². The van der Waals surface area contributed by atoms with E-state index in [4.69, 9.17) is 16.2 Å². The maximum atomic E-state index is 12.4. The molecule has 0 radical (unpaired) electrons. The lowest BCUT2D eigenvalue weighted by atomic mass is 10.0. The molecule has 14 heteroatoms. The molecule has 1 fully saturated rings. The summed E-state index contributed by atoms with van der Waals surface area (Å²) in [5, 5.41) is 18.0. The Labute approximate surface area is 252 Å². The van der Waals surface area contributed by atoms with Crippen molar-refractivity contribution in [2.45, 2.75) is 26.3 Å². The normalized spacial score (nSPS) is 13.3. The summed E-state index contributed by atoms with van der Waals surface area (Å²) >= 11 is 1.45. The molecule has 2 aromatic heterocycles. The molecule has 2 heterocycles. The molecular weight excluding hydrogens is 570 g/mol. The molecule has 0 spiro atoms. The summed E-state index contributed by atoms with van der Waals surface area (Å²) in [7, 11) is 4.72. The van der Waals surface area contributed by atoms with Gasteiger partial charge in [-0.3, -0.25) is 14.6 Å². The molecule has 43 heavy (non-hydrogen) atoms. The van der Waals surface area contributed by atoms with E-state index in [0.717, 1.165) is 22.9 Å². The minimum Gasteiger partial charge on any atom is -0.494 e. The third-order valence-corrected chi connectivity index (χ3v) is 7.33. The highest BCUT2D eigenvalue weighted by atomic mass is 32.1. The maximum absolute atomic E-state index is 12.4. The summed E-state index contributed by atoms with van der Waals surface area (Å²) in [6.45, 7) is 2.26. The van der Waals surface area contributed by atoms with Gasteiger partial charge in [0.05, 0.1) is 30.7 Å². The first-order chi connectivity index (χ1) is 20.6. The zero-order valence-corrected chi connectivity index (χ0v) is 25.0. The number of rotatable bonds is 12. The fourth-order valence-corrected chi connectivity index (χ4v) is 4.91. The standard InChI is InChI=1S/C29H33N9O4S/c1-16-36-37-25(43-16)14-38(3)23(15-39)20-11-10-18(13-33-20)19-6-5-7-21(27(19)42-4)34-22(26(31)29(41)32-2)12-24(30)35-28(40)17-8-9-17/h5-7,10-13,17,34H,8-9,14,30-31H2,1-4H3,(H,32,41)(H,35,40)/b24-12+,26-22+. The third-order valence-electron chi connectivity index (χ3n) is 6.50. The van der Waals surface area contributed by atoms with Crippen molar-refractivity contribution in [1.82, 2.24) is 30.7 Å². The second-order valence-corrected chi connectivity index (χ2v) is 11.0. The van der Waals surface area contributed by atoms with E-state index in [0.29, 0.717) is 34.8 Å². The highest BCUT2D eigenvalue weighted by Crippen LogP contribution is 2.37. The van der Waals surface area contributed by atoms with Crippen molar-refractivity contribution in [3.05, 3.63) is 75.5 Å². The lowest BCUT2D eigenvalue weighted by Crippen LogP contribution is -2.31. The molecule has 1 aliphatic rings. The van der Waals surface area contributed by atoms with Crippen molar-refractivity contribution >= 4 is 40.5 Å². The Morgan fingerprint density at radius 3 is 2.56 bits per heavy atom. The number of nitrogens with one attached hydrogen (secondary N) is 3. The molecule has 0 unspecified atom stereocenters. The van der Waals surface area contributed by atoms with E-state index in [9.17, 15) is 14.4 Å². The van der Waals surface area contributed by atoms with Crippen LogP contribution < -0.4 is 32.2 Å². The number of hydrogen-bond donors (Lipinski definition) is 5. The Hall–Kier alpha value is -5.20. The molecule has 0 bridgehead atoms. The van der Waals surface area contributed by atoms with E-state index in [1.807, 2.05) is 25.0 Å². The third kappa shape index (κ3) is 7.56. The number of amides is 2. The fraction of sp³-hybridized carbons (Fsp3) is 0.276. The molecule has 1 aliphatic carbocycles. The Morgan fingerprint density at radius 2 is 1.98 bits per heavy atom. The van der Waals surface area contributed by atoms with Crippen LogP contribution in [0.15, 0.2) is 59.8 Å². The number of carbonyl (C=O) groups excluding carboxylic acids is 3. The number of nitrogens with two attached hydrogens (primary N) is 2. The van der Waals surface area contributed by atoms with Crippen LogP contribution in [0, 0.1) is 12.8 Å². The molecule has 224 valence electrons. The molecule has 4 rings (SSSR count). The Bertz CT molecular complexity index is 1620. The predicted molar refractivity (Wildman–Crippen MR) is 163 cm³/mol. The van der Waals surface area contributed by atoms with Crippen molar-refractivity contribution in [3.63, 3.8) is 0 Å². The summed E-state index contributed by atoms with van der Waals surface area (Å²) in [4.78, 5) is 42.7. The van der Waals surface area contributed by atoms with Crippen LogP contribution in [0.5, 0.6) is 5.75 Å². The van der Waals surface area contributed by atoms with E-state index < -0.39 is 5.91 Å². The van der Waals surface area contributed by atoms with Crippen molar-refractivity contribution in [3.8, 4) is 16.9 Å². The number of hydrogen-bond acceptors (Lipinski definition) is 12. The van der Waals surface area contributed by atoms with Gasteiger partial charge in [-0.2, -0.15) is 0 Å². The minimum atomic E-state index is -0.541. The first-order valence-corrected chi connectivity index (χ1v) is 14.1. The van der Waals surface area contributed by atoms with Crippen LogP contribution in [-0.2, 0) is 20.9 Å². The number of aryl methyl sites for hydroxylation is 1. The van der Waals surface area contributed by atoms with E-state index in [1.165, 1.54) is 31.6 Å². The molecule has 1 aromatic carbocycles. The number of pyridine rings is 1. The quantitative estimate of drug-likeness (QED) is 0.115. The number of benzene rings is 1. The lowest BCUT2D eigenvalue weighted by Gasteiger charge is -2.19. The van der Waals surface area contributed by atoms with Gasteiger partial charge in [-0.15, -0.1) is 10.2 Å². The topological polar surface area (TPSA) is 190 Å². The van der Waals surface area contributed by atoms with Gasteiger partial charge in [0, 0.05) is 43.4 Å².